The number of hydrogen-bond donors (Lipinski definition) is 1. The summed E-state index contributed by atoms with van der Waals surface area (Å²) in [6, 6.07) is -0.633. The monoisotopic (exact) mass is 485 g/mol. The number of thiazole rings is 1. The van der Waals surface area contributed by atoms with Gasteiger partial charge in [-0.2, -0.15) is 13.2 Å². The Bertz CT molecular complexity index is 1000. The Balaban J connectivity index is 1.61. The quantitative estimate of drug-likeness (QED) is 0.702. The van der Waals surface area contributed by atoms with Crippen molar-refractivity contribution in [2.75, 3.05) is 31.1 Å². The number of piperazine rings is 1. The van der Waals surface area contributed by atoms with Crippen molar-refractivity contribution in [2.24, 2.45) is 0 Å². The molecule has 1 saturated carbocycles. The molecule has 12 heteroatoms. The van der Waals surface area contributed by atoms with Crippen LogP contribution in [0.1, 0.15) is 50.4 Å². The summed E-state index contributed by atoms with van der Waals surface area (Å²) in [6.45, 7) is 5.48. The fraction of sp³-hybridized carbons (Fsp3) is 0.619. The van der Waals surface area contributed by atoms with Gasteiger partial charge in [0.1, 0.15) is 22.1 Å². The summed E-state index contributed by atoms with van der Waals surface area (Å²) < 4.78 is 45.9. The highest BCUT2D eigenvalue weighted by atomic mass is 32.1. The second-order valence-corrected chi connectivity index (χ2v) is 10.2. The third-order valence-electron chi connectivity index (χ3n) is 5.35. The summed E-state index contributed by atoms with van der Waals surface area (Å²) in [4.78, 5) is 28.2. The van der Waals surface area contributed by atoms with Crippen molar-refractivity contribution in [3.8, 4) is 11.3 Å². The molecule has 1 N–H and O–H groups in total. The van der Waals surface area contributed by atoms with E-state index in [4.69, 9.17) is 4.74 Å². The van der Waals surface area contributed by atoms with Gasteiger partial charge in [-0.25, -0.2) is 19.7 Å². The van der Waals surface area contributed by atoms with Crippen LogP contribution in [-0.4, -0.2) is 68.9 Å². The molecule has 0 radical (unpaired) electrons. The Labute approximate surface area is 193 Å². The molecule has 1 unspecified atom stereocenters. The van der Waals surface area contributed by atoms with E-state index in [1.807, 2.05) is 0 Å². The molecule has 3 heterocycles. The van der Waals surface area contributed by atoms with Gasteiger partial charge < -0.3 is 14.7 Å². The molecule has 2 fully saturated rings. The number of carbonyl (C=O) groups excluding carboxylic acids is 1. The normalized spacial score (nSPS) is 19.7. The van der Waals surface area contributed by atoms with E-state index >= 15 is 0 Å². The van der Waals surface area contributed by atoms with E-state index in [0.29, 0.717) is 33.6 Å². The van der Waals surface area contributed by atoms with Crippen LogP contribution in [-0.2, 0) is 10.9 Å². The zero-order valence-electron chi connectivity index (χ0n) is 18.6. The molecule has 2 aromatic heterocycles. The average molecular weight is 486 g/mol. The van der Waals surface area contributed by atoms with Gasteiger partial charge in [0, 0.05) is 43.5 Å². The van der Waals surface area contributed by atoms with E-state index in [1.165, 1.54) is 17.3 Å². The molecule has 1 saturated heterocycles. The van der Waals surface area contributed by atoms with Crippen LogP contribution in [0, 0.1) is 0 Å². The van der Waals surface area contributed by atoms with Crippen molar-refractivity contribution < 1.29 is 27.8 Å². The average Bonchev–Trinajstić information content (AvgIpc) is 3.49. The summed E-state index contributed by atoms with van der Waals surface area (Å²) in [6.07, 6.45) is -0.0970. The van der Waals surface area contributed by atoms with Gasteiger partial charge in [0.2, 0.25) is 5.01 Å². The van der Waals surface area contributed by atoms with Gasteiger partial charge in [0.25, 0.3) is 0 Å². The Morgan fingerprint density at radius 2 is 1.88 bits per heavy atom. The van der Waals surface area contributed by atoms with Gasteiger partial charge in [-0.1, -0.05) is 11.3 Å². The summed E-state index contributed by atoms with van der Waals surface area (Å²) in [5, 5.41) is 9.24. The number of carbonyl (C=O) groups is 1. The van der Waals surface area contributed by atoms with Crippen molar-refractivity contribution in [1.82, 2.24) is 19.9 Å². The van der Waals surface area contributed by atoms with Crippen LogP contribution in [0.2, 0.25) is 0 Å². The number of aromatic nitrogens is 3. The molecule has 1 aliphatic heterocycles. The number of alkyl halides is 3. The largest absolute Gasteiger partial charge is 0.444 e. The molecular weight excluding hydrogens is 459 g/mol. The Kier molecular flexibility index (Phi) is 6.25. The highest BCUT2D eigenvalue weighted by molar-refractivity contribution is 7.16. The molecular formula is C21H26F3N5O3S. The van der Waals surface area contributed by atoms with Crippen LogP contribution >= 0.6 is 11.3 Å². The van der Waals surface area contributed by atoms with Crippen molar-refractivity contribution in [3.05, 3.63) is 23.2 Å². The zero-order chi connectivity index (χ0) is 24.0. The van der Waals surface area contributed by atoms with Gasteiger partial charge in [-0.3, -0.25) is 4.90 Å². The lowest BCUT2D eigenvalue weighted by atomic mass is 10.1. The summed E-state index contributed by atoms with van der Waals surface area (Å²) in [7, 11) is 0. The summed E-state index contributed by atoms with van der Waals surface area (Å²) in [5.74, 6) is 1.02. The second-order valence-electron chi connectivity index (χ2n) is 9.23. The zero-order valence-corrected chi connectivity index (χ0v) is 19.4. The number of halogens is 3. The maximum absolute atomic E-state index is 13.5. The standard InChI is InChI=1S/C21H26F3N5O3S/c1-20(2,3)32-19(31)29-7-6-28(10-14(29)11-30)17-15(27-18(33-17)21(22,23)24)13-8-25-16(26-9-13)12-4-5-12/h8-9,12,14,30H,4-7,10-11H2,1-3H3. The first-order valence-electron chi connectivity index (χ1n) is 10.7. The van der Waals surface area contributed by atoms with Crippen molar-refractivity contribution in [1.29, 1.82) is 0 Å². The Morgan fingerprint density at radius 3 is 2.42 bits per heavy atom. The van der Waals surface area contributed by atoms with Crippen molar-refractivity contribution >= 4 is 22.4 Å². The van der Waals surface area contributed by atoms with Gasteiger partial charge >= 0.3 is 12.3 Å². The predicted octanol–water partition coefficient (Wildman–Crippen LogP) is 3.91. The van der Waals surface area contributed by atoms with E-state index in [0.717, 1.165) is 12.8 Å². The van der Waals surface area contributed by atoms with Gasteiger partial charge in [0.15, 0.2) is 0 Å². The lowest BCUT2D eigenvalue weighted by molar-refractivity contribution is -0.137. The fourth-order valence-electron chi connectivity index (χ4n) is 3.61. The Morgan fingerprint density at radius 1 is 1.21 bits per heavy atom. The number of ether oxygens (including phenoxy) is 1. The minimum absolute atomic E-state index is 0.142. The second kappa shape index (κ2) is 8.71. The first-order valence-corrected chi connectivity index (χ1v) is 11.5. The van der Waals surface area contributed by atoms with Crippen LogP contribution in [0.15, 0.2) is 12.4 Å². The van der Waals surface area contributed by atoms with Crippen LogP contribution in [0.4, 0.5) is 23.0 Å². The molecule has 4 rings (SSSR count). The van der Waals surface area contributed by atoms with Crippen LogP contribution in [0.5, 0.6) is 0 Å². The van der Waals surface area contributed by atoms with E-state index in [2.05, 4.69) is 15.0 Å². The molecule has 2 aliphatic rings. The number of anilines is 1. The highest BCUT2D eigenvalue weighted by Crippen LogP contribution is 2.43. The number of aliphatic hydroxyl groups is 1. The van der Waals surface area contributed by atoms with E-state index < -0.39 is 28.9 Å². The number of rotatable bonds is 4. The molecule has 1 atom stereocenters. The van der Waals surface area contributed by atoms with E-state index in [9.17, 15) is 23.1 Å². The maximum atomic E-state index is 13.5. The SMILES string of the molecule is CC(C)(C)OC(=O)N1CCN(c2sc(C(F)(F)F)nc2-c2cnc(C3CC3)nc2)CC1CO. The third kappa shape index (κ3) is 5.37. The molecule has 1 aliphatic carbocycles. The molecule has 33 heavy (non-hydrogen) atoms. The van der Waals surface area contributed by atoms with E-state index in [-0.39, 0.29) is 31.9 Å². The fourth-order valence-corrected chi connectivity index (χ4v) is 4.60. The van der Waals surface area contributed by atoms with Gasteiger partial charge in [-0.05, 0) is 33.6 Å². The highest BCUT2D eigenvalue weighted by Gasteiger charge is 2.39. The molecule has 1 amide bonds. The minimum Gasteiger partial charge on any atom is -0.444 e. The summed E-state index contributed by atoms with van der Waals surface area (Å²) in [5.41, 5.74) is -0.152. The molecule has 0 aromatic carbocycles. The smallest absolute Gasteiger partial charge is 0.443 e. The van der Waals surface area contributed by atoms with Crippen molar-refractivity contribution in [2.45, 2.75) is 57.3 Å². The number of hydrogen-bond acceptors (Lipinski definition) is 8. The van der Waals surface area contributed by atoms with Crippen LogP contribution in [0.3, 0.4) is 0 Å². The number of aliphatic hydroxyl groups excluding tert-OH is 1. The molecule has 0 bridgehead atoms. The van der Waals surface area contributed by atoms with Gasteiger partial charge in [-0.15, -0.1) is 0 Å². The number of nitrogens with zero attached hydrogens (tertiary/aromatic N) is 5. The summed E-state index contributed by atoms with van der Waals surface area (Å²) >= 11 is 0.541. The molecule has 8 nitrogen and oxygen atoms in total. The number of amides is 1. The third-order valence-corrected chi connectivity index (χ3v) is 6.51. The minimum atomic E-state index is -4.60. The lowest BCUT2D eigenvalue weighted by Gasteiger charge is -2.41. The molecule has 180 valence electrons. The molecule has 2 aromatic rings. The molecule has 0 spiro atoms. The van der Waals surface area contributed by atoms with Crippen LogP contribution < -0.4 is 4.90 Å². The Hall–Kier alpha value is -2.47. The first-order chi connectivity index (χ1) is 15.5. The van der Waals surface area contributed by atoms with Gasteiger partial charge in [0.05, 0.1) is 12.6 Å². The lowest BCUT2D eigenvalue weighted by Crippen LogP contribution is -2.57. The first kappa shape index (κ1) is 23.7. The topological polar surface area (TPSA) is 91.7 Å². The maximum Gasteiger partial charge on any atom is 0.443 e. The van der Waals surface area contributed by atoms with Crippen molar-refractivity contribution in [3.63, 3.8) is 0 Å². The van der Waals surface area contributed by atoms with Crippen LogP contribution in [0.25, 0.3) is 11.3 Å². The predicted molar refractivity (Wildman–Crippen MR) is 116 cm³/mol. The van der Waals surface area contributed by atoms with E-state index in [1.54, 1.807) is 25.7 Å².